The van der Waals surface area contributed by atoms with Crippen LogP contribution in [-0.2, 0) is 13.9 Å². The zero-order chi connectivity index (χ0) is 8.36. The quantitative estimate of drug-likeness (QED) is 0.340. The van der Waals surface area contributed by atoms with E-state index >= 15 is 0 Å². The molecule has 0 saturated heterocycles. The molecule has 0 aromatic carbocycles. The van der Waals surface area contributed by atoms with Crippen LogP contribution in [0.5, 0.6) is 0 Å². The molecular formula is C8H11Br2Pd-. The van der Waals surface area contributed by atoms with Crippen LogP contribution in [0.15, 0.2) is 18.2 Å². The van der Waals surface area contributed by atoms with Gasteiger partial charge in [-0.05, 0) is 6.42 Å². The smallest absolute Gasteiger partial charge is 0.0343 e. The van der Waals surface area contributed by atoms with Crippen LogP contribution in [0.25, 0.3) is 0 Å². The van der Waals surface area contributed by atoms with Gasteiger partial charge in [-0.25, -0.2) is 0 Å². The summed E-state index contributed by atoms with van der Waals surface area (Å²) in [5, 5.41) is 0. The zero-order valence-electron chi connectivity index (χ0n) is 6.13. The average Bonchev–Trinajstić information content (AvgIpc) is 1.86. The van der Waals surface area contributed by atoms with Gasteiger partial charge in [0.25, 0.3) is 0 Å². The first-order chi connectivity index (χ1) is 5.41. The van der Waals surface area contributed by atoms with E-state index in [4.69, 9.17) is 0 Å². The average molecular weight is 373 g/mol. The van der Waals surface area contributed by atoms with Gasteiger partial charge in [0.05, 0.1) is 0 Å². The minimum atomic E-state index is 0.575. The number of halogens is 2. The fourth-order valence-corrected chi connectivity index (χ4v) is 0.786. The minimum Gasteiger partial charge on any atom is -0.500 e. The topological polar surface area (TPSA) is 0 Å². The Balaban J connectivity index is 0.000000292. The van der Waals surface area contributed by atoms with Gasteiger partial charge in [-0.1, -0.05) is 25.0 Å². The van der Waals surface area contributed by atoms with Crippen molar-refractivity contribution in [2.45, 2.75) is 25.7 Å². The fourth-order valence-electron chi connectivity index (χ4n) is 0.786. The standard InChI is InChI=1S/C8H11.2BrH.Pd/c1-2-4-6-8-7-5-3-1;;;/h1-2,7H,3-6H2;2*1H;/q-1;;;+2/p-2. The van der Waals surface area contributed by atoms with Crippen LogP contribution >= 0.6 is 26.9 Å². The van der Waals surface area contributed by atoms with E-state index in [9.17, 15) is 0 Å². The Morgan fingerprint density at radius 2 is 1.73 bits per heavy atom. The Kier molecular flexibility index (Phi) is 12.2. The number of allylic oxidation sites excluding steroid dienone is 4. The second-order valence-electron chi connectivity index (χ2n) is 2.04. The third-order valence-electron chi connectivity index (χ3n) is 1.24. The van der Waals surface area contributed by atoms with E-state index in [-0.39, 0.29) is 0 Å². The van der Waals surface area contributed by atoms with E-state index in [1.807, 2.05) is 0 Å². The van der Waals surface area contributed by atoms with E-state index in [2.05, 4.69) is 51.2 Å². The summed E-state index contributed by atoms with van der Waals surface area (Å²) in [4.78, 5) is 0. The predicted molar refractivity (Wildman–Crippen MR) is 53.3 cm³/mol. The molecule has 0 aromatic heterocycles. The van der Waals surface area contributed by atoms with Crippen molar-refractivity contribution in [3.63, 3.8) is 0 Å². The van der Waals surface area contributed by atoms with Crippen molar-refractivity contribution < 1.29 is 13.9 Å². The molecule has 0 unspecified atom stereocenters. The summed E-state index contributed by atoms with van der Waals surface area (Å²) in [5.74, 6) is 0. The monoisotopic (exact) mass is 371 g/mol. The van der Waals surface area contributed by atoms with Crippen LogP contribution in [0, 0.1) is 6.08 Å². The molecule has 1 rings (SSSR count). The van der Waals surface area contributed by atoms with Crippen molar-refractivity contribution in [1.29, 1.82) is 0 Å². The Hall–Kier alpha value is 1.10. The van der Waals surface area contributed by atoms with Crippen LogP contribution in [0.4, 0.5) is 0 Å². The maximum atomic E-state index is 3.21. The summed E-state index contributed by atoms with van der Waals surface area (Å²) in [6, 6.07) is 0. The van der Waals surface area contributed by atoms with Crippen molar-refractivity contribution in [2.75, 3.05) is 0 Å². The molecule has 0 spiro atoms. The Labute approximate surface area is 90.1 Å². The van der Waals surface area contributed by atoms with E-state index in [0.717, 1.165) is 6.42 Å². The molecule has 0 saturated carbocycles. The summed E-state index contributed by atoms with van der Waals surface area (Å²) >= 11 is 6.80. The third-order valence-corrected chi connectivity index (χ3v) is 1.24. The molecule has 0 N–H and O–H groups in total. The van der Waals surface area contributed by atoms with Crippen LogP contribution in [0.3, 0.4) is 0 Å². The Bertz CT molecular complexity index is 95.3. The largest absolute Gasteiger partial charge is 0.500 e. The maximum absolute atomic E-state index is 3.21. The molecule has 3 heteroatoms. The summed E-state index contributed by atoms with van der Waals surface area (Å²) < 4.78 is 0. The number of hydrogen-bond acceptors (Lipinski definition) is 0. The third kappa shape index (κ3) is 11.1. The summed E-state index contributed by atoms with van der Waals surface area (Å²) in [5.41, 5.74) is 0. The van der Waals surface area contributed by atoms with Crippen LogP contribution in [0.1, 0.15) is 25.7 Å². The van der Waals surface area contributed by atoms with Crippen molar-refractivity contribution in [1.82, 2.24) is 0 Å². The molecule has 68 valence electrons. The van der Waals surface area contributed by atoms with Crippen molar-refractivity contribution in [3.05, 3.63) is 24.3 Å². The van der Waals surface area contributed by atoms with Gasteiger partial charge in [-0.3, -0.25) is 6.08 Å². The number of hydrogen-bond donors (Lipinski definition) is 0. The van der Waals surface area contributed by atoms with Crippen molar-refractivity contribution >= 4 is 26.9 Å². The number of rotatable bonds is 0. The van der Waals surface area contributed by atoms with Gasteiger partial charge in [0.15, 0.2) is 0 Å². The minimum absolute atomic E-state index is 0.575. The van der Waals surface area contributed by atoms with E-state index in [0.29, 0.717) is 13.9 Å². The van der Waals surface area contributed by atoms with E-state index in [1.54, 1.807) is 0 Å². The molecule has 0 fully saturated rings. The molecule has 0 bridgehead atoms. The maximum Gasteiger partial charge on any atom is -0.0343 e. The van der Waals surface area contributed by atoms with Gasteiger partial charge in [0, 0.05) is 0 Å². The first-order valence-electron chi connectivity index (χ1n) is 3.44. The first-order valence-corrected chi connectivity index (χ1v) is 10.5. The van der Waals surface area contributed by atoms with Gasteiger partial charge in [-0.2, -0.15) is 6.42 Å². The molecule has 0 heterocycles. The predicted octanol–water partition coefficient (Wildman–Crippen LogP) is 4.16. The van der Waals surface area contributed by atoms with Crippen LogP contribution < -0.4 is 0 Å². The van der Waals surface area contributed by atoms with Crippen LogP contribution in [0.2, 0.25) is 0 Å². The normalized spacial score (nSPS) is 16.5. The van der Waals surface area contributed by atoms with E-state index in [1.165, 1.54) is 19.3 Å². The second kappa shape index (κ2) is 11.1. The van der Waals surface area contributed by atoms with Gasteiger partial charge in [0.1, 0.15) is 0 Å². The second-order valence-corrected chi connectivity index (χ2v) is 9.21. The molecule has 1 aliphatic carbocycles. The van der Waals surface area contributed by atoms with E-state index < -0.39 is 0 Å². The zero-order valence-corrected chi connectivity index (χ0v) is 10.9. The Morgan fingerprint density at radius 3 is 2.45 bits per heavy atom. The summed E-state index contributed by atoms with van der Waals surface area (Å²) in [6.07, 6.45) is 14.5. The molecule has 0 atom stereocenters. The molecule has 11 heavy (non-hydrogen) atoms. The fraction of sp³-hybridized carbons (Fsp3) is 0.500. The molecule has 0 nitrogen and oxygen atoms in total. The Morgan fingerprint density at radius 1 is 1.09 bits per heavy atom. The van der Waals surface area contributed by atoms with Gasteiger partial charge in [-0.15, -0.1) is 0 Å². The first kappa shape index (κ1) is 12.1. The van der Waals surface area contributed by atoms with Gasteiger partial charge in [0.2, 0.25) is 0 Å². The summed E-state index contributed by atoms with van der Waals surface area (Å²) in [7, 11) is 0. The SMILES string of the molecule is [Br][Pd][Br].[C-]1=CCCC=CCC1. The molecule has 0 amide bonds. The molecule has 1 aliphatic rings. The van der Waals surface area contributed by atoms with Crippen LogP contribution in [-0.4, -0.2) is 0 Å². The molecule has 0 aromatic rings. The van der Waals surface area contributed by atoms with Gasteiger partial charge < -0.3 is 6.08 Å². The van der Waals surface area contributed by atoms with Crippen molar-refractivity contribution in [3.8, 4) is 0 Å². The molecule has 0 radical (unpaired) electrons. The van der Waals surface area contributed by atoms with Gasteiger partial charge >= 0.3 is 40.8 Å². The molecule has 0 aliphatic heterocycles. The summed E-state index contributed by atoms with van der Waals surface area (Å²) in [6.45, 7) is 0. The molecular weight excluding hydrogens is 362 g/mol. The van der Waals surface area contributed by atoms with Crippen molar-refractivity contribution in [2.24, 2.45) is 0 Å².